The molecule has 0 spiro atoms. The fourth-order valence-electron chi connectivity index (χ4n) is 2.50. The molecule has 2 aromatic rings. The topological polar surface area (TPSA) is 49.2 Å². The number of aliphatic hydroxyl groups is 1. The number of aromatic nitrogens is 2. The third-order valence-corrected chi connectivity index (χ3v) is 4.71. The number of nitrogens with zero attached hydrogens (tertiary/aromatic N) is 3. The Morgan fingerprint density at radius 3 is 2.55 bits per heavy atom. The normalized spacial score (nSPS) is 18.2. The van der Waals surface area contributed by atoms with Crippen molar-refractivity contribution in [3.05, 3.63) is 40.1 Å². The molecule has 0 bridgehead atoms. The molecule has 0 unspecified atom stereocenters. The van der Waals surface area contributed by atoms with E-state index in [-0.39, 0.29) is 5.82 Å². The Morgan fingerprint density at radius 1 is 1.25 bits per heavy atom. The molecule has 1 aliphatic heterocycles. The Morgan fingerprint density at radius 2 is 1.95 bits per heavy atom. The summed E-state index contributed by atoms with van der Waals surface area (Å²) in [6, 6.07) is 6.39. The zero-order valence-corrected chi connectivity index (χ0v) is 12.2. The van der Waals surface area contributed by atoms with Crippen LogP contribution >= 0.6 is 22.9 Å². The fraction of sp³-hybridized carbons (Fsp3) is 0.385. The van der Waals surface area contributed by atoms with Crippen LogP contribution in [0.3, 0.4) is 0 Å². The average molecular weight is 314 g/mol. The molecule has 7 heteroatoms. The van der Waals surface area contributed by atoms with Gasteiger partial charge in [-0.2, -0.15) is 0 Å². The molecular formula is C13H13ClFN3OS. The molecule has 0 atom stereocenters. The highest BCUT2D eigenvalue weighted by molar-refractivity contribution is 7.19. The lowest BCUT2D eigenvalue weighted by molar-refractivity contribution is 0.00847. The highest BCUT2D eigenvalue weighted by Gasteiger charge is 2.36. The summed E-state index contributed by atoms with van der Waals surface area (Å²) in [7, 11) is 0. The van der Waals surface area contributed by atoms with Gasteiger partial charge in [0, 0.05) is 18.7 Å². The second kappa shape index (κ2) is 5.27. The summed E-state index contributed by atoms with van der Waals surface area (Å²) in [5.41, 5.74) is -0.744. The maximum absolute atomic E-state index is 13.8. The first kappa shape index (κ1) is 13.7. The Hall–Kier alpha value is -1.24. The zero-order chi connectivity index (χ0) is 14.2. The summed E-state index contributed by atoms with van der Waals surface area (Å²) < 4.78 is 14.2. The van der Waals surface area contributed by atoms with E-state index in [1.165, 1.54) is 17.4 Å². The van der Waals surface area contributed by atoms with Crippen LogP contribution in [-0.2, 0) is 5.60 Å². The Bertz CT molecular complexity index is 613. The summed E-state index contributed by atoms with van der Waals surface area (Å²) >= 11 is 7.08. The van der Waals surface area contributed by atoms with Gasteiger partial charge in [0.25, 0.3) is 0 Å². The van der Waals surface area contributed by atoms with Gasteiger partial charge in [0.1, 0.15) is 5.82 Å². The van der Waals surface area contributed by atoms with E-state index in [4.69, 9.17) is 11.6 Å². The van der Waals surface area contributed by atoms with E-state index < -0.39 is 5.60 Å². The Balaban J connectivity index is 1.76. The van der Waals surface area contributed by atoms with Crippen LogP contribution in [0.2, 0.25) is 4.47 Å². The van der Waals surface area contributed by atoms with Crippen LogP contribution in [0.4, 0.5) is 9.52 Å². The molecule has 1 saturated heterocycles. The SMILES string of the molecule is OC1(c2ccccc2F)CCN(c2nnc(Cl)s2)CC1. The molecule has 0 aliphatic carbocycles. The minimum atomic E-state index is -1.11. The van der Waals surface area contributed by atoms with Crippen molar-refractivity contribution in [2.45, 2.75) is 18.4 Å². The van der Waals surface area contributed by atoms with Crippen LogP contribution in [0.15, 0.2) is 24.3 Å². The van der Waals surface area contributed by atoms with E-state index in [9.17, 15) is 9.50 Å². The van der Waals surface area contributed by atoms with Crippen molar-refractivity contribution in [3.8, 4) is 0 Å². The number of piperidine rings is 1. The molecule has 3 rings (SSSR count). The highest BCUT2D eigenvalue weighted by atomic mass is 35.5. The molecule has 106 valence electrons. The van der Waals surface area contributed by atoms with Crippen molar-refractivity contribution in [1.29, 1.82) is 0 Å². The van der Waals surface area contributed by atoms with Crippen molar-refractivity contribution < 1.29 is 9.50 Å². The lowest BCUT2D eigenvalue weighted by Crippen LogP contribution is -2.43. The highest BCUT2D eigenvalue weighted by Crippen LogP contribution is 2.36. The number of rotatable bonds is 2. The van der Waals surface area contributed by atoms with Gasteiger partial charge < -0.3 is 10.0 Å². The van der Waals surface area contributed by atoms with Crippen molar-refractivity contribution in [2.24, 2.45) is 0 Å². The van der Waals surface area contributed by atoms with Crippen LogP contribution in [0.25, 0.3) is 0 Å². The van der Waals surface area contributed by atoms with Gasteiger partial charge in [-0.05, 0) is 30.5 Å². The third kappa shape index (κ3) is 2.51. The molecule has 1 aromatic heterocycles. The van der Waals surface area contributed by atoms with Crippen molar-refractivity contribution in [1.82, 2.24) is 10.2 Å². The van der Waals surface area contributed by atoms with E-state index in [2.05, 4.69) is 10.2 Å². The number of hydrogen-bond donors (Lipinski definition) is 1. The molecule has 0 saturated carbocycles. The lowest BCUT2D eigenvalue weighted by Gasteiger charge is -2.38. The van der Waals surface area contributed by atoms with Gasteiger partial charge >= 0.3 is 0 Å². The zero-order valence-electron chi connectivity index (χ0n) is 10.6. The van der Waals surface area contributed by atoms with Crippen LogP contribution in [0, 0.1) is 5.82 Å². The van der Waals surface area contributed by atoms with E-state index in [1.54, 1.807) is 18.2 Å². The summed E-state index contributed by atoms with van der Waals surface area (Å²) in [6.07, 6.45) is 0.899. The molecule has 0 radical (unpaired) electrons. The summed E-state index contributed by atoms with van der Waals surface area (Å²) in [5.74, 6) is -0.359. The summed E-state index contributed by atoms with van der Waals surface area (Å²) in [6.45, 7) is 1.19. The van der Waals surface area contributed by atoms with Gasteiger partial charge in [0.15, 0.2) is 0 Å². The molecule has 1 fully saturated rings. The number of hydrogen-bond acceptors (Lipinski definition) is 5. The van der Waals surface area contributed by atoms with Crippen molar-refractivity contribution in [2.75, 3.05) is 18.0 Å². The van der Waals surface area contributed by atoms with Gasteiger partial charge in [0.2, 0.25) is 9.60 Å². The first-order valence-electron chi connectivity index (χ1n) is 6.30. The second-order valence-electron chi connectivity index (χ2n) is 4.84. The van der Waals surface area contributed by atoms with Gasteiger partial charge in [-0.25, -0.2) is 4.39 Å². The molecule has 1 N–H and O–H groups in total. The van der Waals surface area contributed by atoms with Gasteiger partial charge in [-0.1, -0.05) is 29.5 Å². The van der Waals surface area contributed by atoms with E-state index in [0.29, 0.717) is 36.0 Å². The fourth-order valence-corrected chi connectivity index (χ4v) is 3.37. The maximum atomic E-state index is 13.8. The summed E-state index contributed by atoms with van der Waals surface area (Å²) in [4.78, 5) is 2.01. The number of anilines is 1. The first-order valence-corrected chi connectivity index (χ1v) is 7.49. The first-order chi connectivity index (χ1) is 9.58. The monoisotopic (exact) mass is 313 g/mol. The quantitative estimate of drug-likeness (QED) is 0.926. The van der Waals surface area contributed by atoms with Crippen LogP contribution in [-0.4, -0.2) is 28.4 Å². The minimum Gasteiger partial charge on any atom is -0.385 e. The Labute approximate surface area is 124 Å². The van der Waals surface area contributed by atoms with Gasteiger partial charge in [0.05, 0.1) is 5.60 Å². The molecular weight excluding hydrogens is 301 g/mol. The van der Waals surface area contributed by atoms with E-state index in [1.807, 2.05) is 4.90 Å². The molecule has 2 heterocycles. The smallest absolute Gasteiger partial charge is 0.209 e. The number of halogens is 2. The second-order valence-corrected chi connectivity index (χ2v) is 6.37. The third-order valence-electron chi connectivity index (χ3n) is 3.63. The minimum absolute atomic E-state index is 0.359. The van der Waals surface area contributed by atoms with Gasteiger partial charge in [-0.3, -0.25) is 0 Å². The predicted octanol–water partition coefficient (Wildman–Crippen LogP) is 2.82. The van der Waals surface area contributed by atoms with Crippen LogP contribution < -0.4 is 4.90 Å². The predicted molar refractivity (Wildman–Crippen MR) is 76.7 cm³/mol. The number of benzene rings is 1. The standard InChI is InChI=1S/C13H13ClFN3OS/c14-11-16-17-12(20-11)18-7-5-13(19,6-8-18)9-3-1-2-4-10(9)15/h1-4,19H,5-8H2. The van der Waals surface area contributed by atoms with Crippen LogP contribution in [0.5, 0.6) is 0 Å². The van der Waals surface area contributed by atoms with Crippen molar-refractivity contribution in [3.63, 3.8) is 0 Å². The molecule has 1 aliphatic rings. The molecule has 20 heavy (non-hydrogen) atoms. The van der Waals surface area contributed by atoms with E-state index in [0.717, 1.165) is 5.13 Å². The lowest BCUT2D eigenvalue weighted by atomic mass is 9.84. The molecule has 4 nitrogen and oxygen atoms in total. The largest absolute Gasteiger partial charge is 0.385 e. The summed E-state index contributed by atoms with van der Waals surface area (Å²) in [5, 5.41) is 19.2. The average Bonchev–Trinajstić information content (AvgIpc) is 2.86. The van der Waals surface area contributed by atoms with Gasteiger partial charge in [-0.15, -0.1) is 10.2 Å². The van der Waals surface area contributed by atoms with E-state index >= 15 is 0 Å². The molecule has 0 amide bonds. The van der Waals surface area contributed by atoms with Crippen LogP contribution in [0.1, 0.15) is 18.4 Å². The Kier molecular flexibility index (Phi) is 3.62. The maximum Gasteiger partial charge on any atom is 0.209 e. The van der Waals surface area contributed by atoms with Crippen molar-refractivity contribution >= 4 is 28.1 Å². The molecule has 1 aromatic carbocycles.